The topological polar surface area (TPSA) is 63.7 Å². The fourth-order valence-electron chi connectivity index (χ4n) is 1.13. The summed E-state index contributed by atoms with van der Waals surface area (Å²) in [4.78, 5) is 14.9. The van der Waals surface area contributed by atoms with E-state index in [-0.39, 0.29) is 5.28 Å². The molecular weight excluding hydrogens is 216 g/mol. The van der Waals surface area contributed by atoms with Crippen molar-refractivity contribution in [3.63, 3.8) is 0 Å². The second kappa shape index (κ2) is 4.02. The van der Waals surface area contributed by atoms with Crippen molar-refractivity contribution < 1.29 is 4.74 Å². The maximum absolute atomic E-state index is 5.74. The molecule has 0 aliphatic heterocycles. The SMILES string of the molecule is CC(C)COc1nc(Cl)nc2nc[nH]c12. The smallest absolute Gasteiger partial charge is 0.244 e. The number of aromatic amines is 1. The van der Waals surface area contributed by atoms with Crippen LogP contribution in [0.2, 0.25) is 5.28 Å². The van der Waals surface area contributed by atoms with Crippen molar-refractivity contribution in [1.82, 2.24) is 19.9 Å². The van der Waals surface area contributed by atoms with E-state index < -0.39 is 0 Å². The zero-order valence-corrected chi connectivity index (χ0v) is 9.25. The molecule has 0 aliphatic rings. The third-order valence-corrected chi connectivity index (χ3v) is 1.95. The van der Waals surface area contributed by atoms with Gasteiger partial charge in [-0.25, -0.2) is 4.98 Å². The van der Waals surface area contributed by atoms with Crippen molar-refractivity contribution in [3.8, 4) is 5.88 Å². The maximum atomic E-state index is 5.74. The molecule has 0 spiro atoms. The van der Waals surface area contributed by atoms with Gasteiger partial charge >= 0.3 is 0 Å². The monoisotopic (exact) mass is 226 g/mol. The Morgan fingerprint density at radius 2 is 2.27 bits per heavy atom. The summed E-state index contributed by atoms with van der Waals surface area (Å²) in [5, 5.41) is 0.147. The van der Waals surface area contributed by atoms with Crippen molar-refractivity contribution in [2.24, 2.45) is 5.92 Å². The number of rotatable bonds is 3. The molecule has 2 aromatic rings. The predicted octanol–water partition coefficient (Wildman–Crippen LogP) is 2.04. The quantitative estimate of drug-likeness (QED) is 0.814. The van der Waals surface area contributed by atoms with Gasteiger partial charge in [-0.15, -0.1) is 0 Å². The van der Waals surface area contributed by atoms with Crippen LogP contribution >= 0.6 is 11.6 Å². The molecule has 0 amide bonds. The number of nitrogens with zero attached hydrogens (tertiary/aromatic N) is 3. The predicted molar refractivity (Wildman–Crippen MR) is 57.0 cm³/mol. The van der Waals surface area contributed by atoms with Crippen LogP contribution in [0.4, 0.5) is 0 Å². The Labute approximate surface area is 91.9 Å². The summed E-state index contributed by atoms with van der Waals surface area (Å²) in [5.41, 5.74) is 1.20. The van der Waals surface area contributed by atoms with Gasteiger partial charge in [0.1, 0.15) is 5.52 Å². The van der Waals surface area contributed by atoms with Crippen LogP contribution in [0.25, 0.3) is 11.2 Å². The first kappa shape index (κ1) is 10.2. The third-order valence-electron chi connectivity index (χ3n) is 1.78. The zero-order valence-electron chi connectivity index (χ0n) is 8.49. The molecule has 0 aromatic carbocycles. The molecule has 0 saturated carbocycles. The van der Waals surface area contributed by atoms with Gasteiger partial charge in [0, 0.05) is 0 Å². The number of aromatic nitrogens is 4. The lowest BCUT2D eigenvalue weighted by molar-refractivity contribution is 0.264. The third kappa shape index (κ3) is 2.18. The second-order valence-electron chi connectivity index (χ2n) is 3.60. The van der Waals surface area contributed by atoms with Gasteiger partial charge < -0.3 is 9.72 Å². The minimum atomic E-state index is 0.147. The molecule has 2 aromatic heterocycles. The van der Waals surface area contributed by atoms with Crippen molar-refractivity contribution >= 4 is 22.8 Å². The first-order valence-corrected chi connectivity index (χ1v) is 5.04. The van der Waals surface area contributed by atoms with Gasteiger partial charge in [-0.2, -0.15) is 9.97 Å². The largest absolute Gasteiger partial charge is 0.476 e. The Morgan fingerprint density at radius 1 is 1.47 bits per heavy atom. The highest BCUT2D eigenvalue weighted by atomic mass is 35.5. The van der Waals surface area contributed by atoms with Crippen molar-refractivity contribution in [1.29, 1.82) is 0 Å². The summed E-state index contributed by atoms with van der Waals surface area (Å²) < 4.78 is 5.51. The molecule has 0 unspecified atom stereocenters. The zero-order chi connectivity index (χ0) is 10.8. The Kier molecular flexibility index (Phi) is 2.73. The van der Waals surface area contributed by atoms with Gasteiger partial charge in [-0.05, 0) is 17.5 Å². The van der Waals surface area contributed by atoms with E-state index in [1.807, 2.05) is 0 Å². The molecule has 0 radical (unpaired) electrons. The maximum Gasteiger partial charge on any atom is 0.244 e. The Balaban J connectivity index is 2.35. The van der Waals surface area contributed by atoms with Crippen molar-refractivity contribution in [2.75, 3.05) is 6.61 Å². The lowest BCUT2D eigenvalue weighted by atomic mass is 10.2. The molecule has 2 rings (SSSR count). The summed E-state index contributed by atoms with van der Waals surface area (Å²) in [6.07, 6.45) is 1.54. The Morgan fingerprint density at radius 3 is 3.00 bits per heavy atom. The number of imidazole rings is 1. The molecule has 5 nitrogen and oxygen atoms in total. The van der Waals surface area contributed by atoms with E-state index in [1.165, 1.54) is 6.33 Å². The standard InChI is InChI=1S/C9H11ClN4O/c1-5(2)3-15-8-6-7(12-4-11-6)13-9(10)14-8/h4-5H,3H2,1-2H3,(H,11,12,13,14). The average molecular weight is 227 g/mol. The fraction of sp³-hybridized carbons (Fsp3) is 0.444. The average Bonchev–Trinajstić information content (AvgIpc) is 2.61. The van der Waals surface area contributed by atoms with Gasteiger partial charge in [0.25, 0.3) is 0 Å². The van der Waals surface area contributed by atoms with Crippen LogP contribution in [-0.2, 0) is 0 Å². The number of hydrogen-bond donors (Lipinski definition) is 1. The van der Waals surface area contributed by atoms with Gasteiger partial charge in [0.15, 0.2) is 5.65 Å². The first-order valence-electron chi connectivity index (χ1n) is 4.66. The number of hydrogen-bond acceptors (Lipinski definition) is 4. The molecule has 1 N–H and O–H groups in total. The molecule has 80 valence electrons. The van der Waals surface area contributed by atoms with E-state index in [9.17, 15) is 0 Å². The molecule has 0 saturated heterocycles. The van der Waals surface area contributed by atoms with Crippen molar-refractivity contribution in [3.05, 3.63) is 11.6 Å². The summed E-state index contributed by atoms with van der Waals surface area (Å²) in [6.45, 7) is 4.71. The van der Waals surface area contributed by atoms with Crippen LogP contribution in [-0.4, -0.2) is 26.5 Å². The van der Waals surface area contributed by atoms with E-state index >= 15 is 0 Å². The summed E-state index contributed by atoms with van der Waals surface area (Å²) in [5.74, 6) is 0.882. The molecule has 2 heterocycles. The summed E-state index contributed by atoms with van der Waals surface area (Å²) >= 11 is 5.74. The normalized spacial score (nSPS) is 11.2. The second-order valence-corrected chi connectivity index (χ2v) is 3.94. The summed E-state index contributed by atoms with van der Waals surface area (Å²) in [6, 6.07) is 0. The highest BCUT2D eigenvalue weighted by Crippen LogP contribution is 2.21. The molecular formula is C9H11ClN4O. The fourth-order valence-corrected chi connectivity index (χ4v) is 1.29. The van der Waals surface area contributed by atoms with E-state index in [0.29, 0.717) is 29.6 Å². The van der Waals surface area contributed by atoms with Crippen LogP contribution < -0.4 is 4.74 Å². The number of halogens is 1. The number of H-pyrrole nitrogens is 1. The van der Waals surface area contributed by atoms with Crippen LogP contribution in [0.1, 0.15) is 13.8 Å². The Bertz CT molecular complexity index is 468. The van der Waals surface area contributed by atoms with Crippen LogP contribution in [0, 0.1) is 5.92 Å². The minimum absolute atomic E-state index is 0.147. The minimum Gasteiger partial charge on any atom is -0.476 e. The molecule has 0 fully saturated rings. The molecule has 0 bridgehead atoms. The van der Waals surface area contributed by atoms with E-state index in [2.05, 4.69) is 33.8 Å². The van der Waals surface area contributed by atoms with E-state index in [4.69, 9.17) is 16.3 Å². The highest BCUT2D eigenvalue weighted by Gasteiger charge is 2.10. The molecule has 6 heteroatoms. The molecule has 15 heavy (non-hydrogen) atoms. The molecule has 0 aliphatic carbocycles. The van der Waals surface area contributed by atoms with Gasteiger partial charge in [0.05, 0.1) is 12.9 Å². The number of ether oxygens (including phenoxy) is 1. The first-order chi connectivity index (χ1) is 7.16. The number of fused-ring (bicyclic) bond motifs is 1. The van der Waals surface area contributed by atoms with Gasteiger partial charge in [-0.3, -0.25) is 0 Å². The molecule has 0 atom stereocenters. The van der Waals surface area contributed by atoms with E-state index in [0.717, 1.165) is 0 Å². The summed E-state index contributed by atoms with van der Waals surface area (Å²) in [7, 11) is 0. The highest BCUT2D eigenvalue weighted by molar-refractivity contribution is 6.28. The van der Waals surface area contributed by atoms with Gasteiger partial charge in [0.2, 0.25) is 11.2 Å². The lowest BCUT2D eigenvalue weighted by Gasteiger charge is -2.07. The lowest BCUT2D eigenvalue weighted by Crippen LogP contribution is -2.06. The van der Waals surface area contributed by atoms with Gasteiger partial charge in [-0.1, -0.05) is 13.8 Å². The number of nitrogens with one attached hydrogen (secondary N) is 1. The van der Waals surface area contributed by atoms with Crippen LogP contribution in [0.15, 0.2) is 6.33 Å². The van der Waals surface area contributed by atoms with Crippen molar-refractivity contribution in [2.45, 2.75) is 13.8 Å². The van der Waals surface area contributed by atoms with Crippen LogP contribution in [0.5, 0.6) is 5.88 Å². The van der Waals surface area contributed by atoms with Crippen LogP contribution in [0.3, 0.4) is 0 Å². The van der Waals surface area contributed by atoms with E-state index in [1.54, 1.807) is 0 Å². The Hall–Kier alpha value is -1.36.